The van der Waals surface area contributed by atoms with Crippen molar-refractivity contribution in [3.05, 3.63) is 12.2 Å². The van der Waals surface area contributed by atoms with E-state index in [1.54, 1.807) is 6.33 Å². The number of nitrogens with one attached hydrogen (secondary N) is 2. The lowest BCUT2D eigenvalue weighted by atomic mass is 10.1. The Kier molecular flexibility index (Phi) is 8.47. The predicted molar refractivity (Wildman–Crippen MR) is 75.4 cm³/mol. The average Bonchev–Trinajstić information content (AvgIpc) is 2.91. The largest absolute Gasteiger partial charge is 0.307 e. The topological polar surface area (TPSA) is 53.6 Å². The molecule has 2 N–H and O–H groups in total. The Bertz CT molecular complexity index is 271. The number of H-pyrrole nitrogens is 1. The summed E-state index contributed by atoms with van der Waals surface area (Å²) in [5.74, 6) is 0.983. The van der Waals surface area contributed by atoms with E-state index < -0.39 is 0 Å². The molecule has 0 aliphatic heterocycles. The van der Waals surface area contributed by atoms with Gasteiger partial charge in [0, 0.05) is 0 Å². The fraction of sp³-hybridized carbons (Fsp3) is 0.857. The zero-order chi connectivity index (χ0) is 13.1. The van der Waals surface area contributed by atoms with Gasteiger partial charge < -0.3 is 5.32 Å². The van der Waals surface area contributed by atoms with Crippen LogP contribution in [0.3, 0.4) is 0 Å². The zero-order valence-corrected chi connectivity index (χ0v) is 11.9. The van der Waals surface area contributed by atoms with Crippen LogP contribution < -0.4 is 5.32 Å². The van der Waals surface area contributed by atoms with Crippen molar-refractivity contribution in [1.29, 1.82) is 0 Å². The fourth-order valence-corrected chi connectivity index (χ4v) is 2.17. The van der Waals surface area contributed by atoms with Crippen LogP contribution in [-0.2, 0) is 0 Å². The number of unbranched alkanes of at least 4 members (excludes halogenated alkanes) is 5. The summed E-state index contributed by atoms with van der Waals surface area (Å²) in [6, 6.07) is 0.346. The van der Waals surface area contributed by atoms with E-state index in [-0.39, 0.29) is 0 Å². The van der Waals surface area contributed by atoms with Gasteiger partial charge >= 0.3 is 0 Å². The first-order valence-corrected chi connectivity index (χ1v) is 7.47. The van der Waals surface area contributed by atoms with Crippen LogP contribution in [0.15, 0.2) is 6.33 Å². The highest BCUT2D eigenvalue weighted by atomic mass is 15.2. The smallest absolute Gasteiger partial charge is 0.141 e. The Balaban J connectivity index is 2.20. The Morgan fingerprint density at radius 3 is 2.56 bits per heavy atom. The summed E-state index contributed by atoms with van der Waals surface area (Å²) in [5.41, 5.74) is 0. The highest BCUT2D eigenvalue weighted by Crippen LogP contribution is 2.17. The lowest BCUT2D eigenvalue weighted by Gasteiger charge is -2.15. The van der Waals surface area contributed by atoms with Gasteiger partial charge in [-0.1, -0.05) is 52.4 Å². The van der Waals surface area contributed by atoms with Crippen LogP contribution >= 0.6 is 0 Å². The molecule has 4 heteroatoms. The lowest BCUT2D eigenvalue weighted by molar-refractivity contribution is 0.450. The van der Waals surface area contributed by atoms with Gasteiger partial charge in [0.2, 0.25) is 0 Å². The quantitative estimate of drug-likeness (QED) is 0.592. The summed E-state index contributed by atoms with van der Waals surface area (Å²) < 4.78 is 0. The molecule has 0 saturated carbocycles. The van der Waals surface area contributed by atoms with Gasteiger partial charge in [-0.05, 0) is 19.4 Å². The monoisotopic (exact) mass is 252 g/mol. The third kappa shape index (κ3) is 6.15. The van der Waals surface area contributed by atoms with Gasteiger partial charge in [-0.15, -0.1) is 0 Å². The summed E-state index contributed by atoms with van der Waals surface area (Å²) in [5, 5.41) is 10.5. The molecule has 0 aliphatic carbocycles. The first-order valence-electron chi connectivity index (χ1n) is 7.47. The van der Waals surface area contributed by atoms with E-state index in [2.05, 4.69) is 34.3 Å². The molecule has 1 aromatic heterocycles. The molecule has 1 atom stereocenters. The van der Waals surface area contributed by atoms with E-state index in [0.717, 1.165) is 25.2 Å². The van der Waals surface area contributed by atoms with Gasteiger partial charge in [-0.25, -0.2) is 4.98 Å². The van der Waals surface area contributed by atoms with Crippen LogP contribution in [0, 0.1) is 0 Å². The van der Waals surface area contributed by atoms with Crippen molar-refractivity contribution in [2.75, 3.05) is 6.54 Å². The maximum atomic E-state index is 4.27. The molecule has 1 rings (SSSR count). The molecule has 0 aromatic carbocycles. The van der Waals surface area contributed by atoms with Crippen LogP contribution in [-0.4, -0.2) is 21.7 Å². The molecule has 1 unspecified atom stereocenters. The minimum atomic E-state index is 0.346. The predicted octanol–water partition coefficient (Wildman–Crippen LogP) is 3.60. The van der Waals surface area contributed by atoms with E-state index in [1.165, 1.54) is 38.5 Å². The van der Waals surface area contributed by atoms with Crippen molar-refractivity contribution < 1.29 is 0 Å². The van der Waals surface area contributed by atoms with Gasteiger partial charge in [-0.3, -0.25) is 5.10 Å². The zero-order valence-electron chi connectivity index (χ0n) is 11.9. The molecule has 0 fully saturated rings. The maximum absolute atomic E-state index is 4.27. The first kappa shape index (κ1) is 15.2. The van der Waals surface area contributed by atoms with Crippen LogP contribution in [0.5, 0.6) is 0 Å². The number of nitrogens with zero attached hydrogens (tertiary/aromatic N) is 2. The van der Waals surface area contributed by atoms with Crippen LogP contribution in [0.25, 0.3) is 0 Å². The summed E-state index contributed by atoms with van der Waals surface area (Å²) in [4.78, 5) is 4.27. The van der Waals surface area contributed by atoms with Gasteiger partial charge in [0.15, 0.2) is 0 Å². The second-order valence-corrected chi connectivity index (χ2v) is 4.93. The fourth-order valence-electron chi connectivity index (χ4n) is 2.17. The van der Waals surface area contributed by atoms with Gasteiger partial charge in [0.05, 0.1) is 6.04 Å². The van der Waals surface area contributed by atoms with Crippen molar-refractivity contribution in [1.82, 2.24) is 20.5 Å². The first-order chi connectivity index (χ1) is 8.88. The lowest BCUT2D eigenvalue weighted by Crippen LogP contribution is -2.23. The molecule has 0 amide bonds. The Hall–Kier alpha value is -0.900. The minimum Gasteiger partial charge on any atom is -0.307 e. The number of rotatable bonds is 11. The van der Waals surface area contributed by atoms with Gasteiger partial charge in [-0.2, -0.15) is 5.10 Å². The third-order valence-electron chi connectivity index (χ3n) is 3.25. The molecular weight excluding hydrogens is 224 g/mol. The van der Waals surface area contributed by atoms with Gasteiger partial charge in [0.1, 0.15) is 12.2 Å². The van der Waals surface area contributed by atoms with Crippen LogP contribution in [0.2, 0.25) is 0 Å². The van der Waals surface area contributed by atoms with Crippen molar-refractivity contribution in [3.63, 3.8) is 0 Å². The summed E-state index contributed by atoms with van der Waals surface area (Å²) in [6.45, 7) is 5.49. The second-order valence-electron chi connectivity index (χ2n) is 4.93. The standard InChI is InChI=1S/C14H28N4/c1-3-5-6-7-8-9-10-13(15-11-4-2)14-16-12-17-18-14/h12-13,15H,3-11H2,1-2H3,(H,16,17,18). The molecule has 1 aromatic rings. The van der Waals surface area contributed by atoms with Crippen molar-refractivity contribution >= 4 is 0 Å². The molecule has 0 saturated heterocycles. The molecule has 104 valence electrons. The number of aromatic nitrogens is 3. The van der Waals surface area contributed by atoms with Crippen LogP contribution in [0.4, 0.5) is 0 Å². The molecule has 1 heterocycles. The van der Waals surface area contributed by atoms with E-state index >= 15 is 0 Å². The Morgan fingerprint density at radius 2 is 1.89 bits per heavy atom. The second kappa shape index (κ2) is 10.1. The van der Waals surface area contributed by atoms with Crippen molar-refractivity contribution in [2.24, 2.45) is 0 Å². The molecule has 0 aliphatic rings. The van der Waals surface area contributed by atoms with Crippen molar-refractivity contribution in [3.8, 4) is 0 Å². The number of hydrogen-bond acceptors (Lipinski definition) is 3. The average molecular weight is 252 g/mol. The highest BCUT2D eigenvalue weighted by molar-refractivity contribution is 4.91. The SMILES string of the molecule is CCCCCCCCC(NCCC)c1ncn[nH]1. The summed E-state index contributed by atoms with van der Waals surface area (Å²) >= 11 is 0. The number of hydrogen-bond donors (Lipinski definition) is 2. The molecular formula is C14H28N4. The Morgan fingerprint density at radius 1 is 1.11 bits per heavy atom. The molecule has 18 heavy (non-hydrogen) atoms. The Labute approximate surface area is 111 Å². The normalized spacial score (nSPS) is 12.8. The summed E-state index contributed by atoms with van der Waals surface area (Å²) in [7, 11) is 0. The van der Waals surface area contributed by atoms with E-state index in [1.807, 2.05) is 0 Å². The third-order valence-corrected chi connectivity index (χ3v) is 3.25. The van der Waals surface area contributed by atoms with Crippen molar-refractivity contribution in [2.45, 2.75) is 71.3 Å². The number of aromatic amines is 1. The summed E-state index contributed by atoms with van der Waals surface area (Å²) in [6.07, 6.45) is 11.9. The van der Waals surface area contributed by atoms with E-state index in [9.17, 15) is 0 Å². The minimum absolute atomic E-state index is 0.346. The molecule has 0 bridgehead atoms. The maximum Gasteiger partial charge on any atom is 0.141 e. The van der Waals surface area contributed by atoms with Gasteiger partial charge in [0.25, 0.3) is 0 Å². The van der Waals surface area contributed by atoms with E-state index in [4.69, 9.17) is 0 Å². The molecule has 0 radical (unpaired) electrons. The molecule has 0 spiro atoms. The van der Waals surface area contributed by atoms with Crippen LogP contribution in [0.1, 0.15) is 77.1 Å². The van der Waals surface area contributed by atoms with E-state index in [0.29, 0.717) is 6.04 Å². The molecule has 4 nitrogen and oxygen atoms in total. The highest BCUT2D eigenvalue weighted by Gasteiger charge is 2.12.